The fourth-order valence-corrected chi connectivity index (χ4v) is 5.79. The second-order valence-electron chi connectivity index (χ2n) is 9.25. The van der Waals surface area contributed by atoms with E-state index in [1.165, 1.54) is 57.9 Å². The van der Waals surface area contributed by atoms with E-state index in [2.05, 4.69) is 15.8 Å². The van der Waals surface area contributed by atoms with Crippen LogP contribution in [0.5, 0.6) is 5.75 Å². The maximum Gasteiger partial charge on any atom is 0.163 e. The molecule has 1 spiro atoms. The molecule has 5 rings (SSSR count). The molecule has 0 radical (unpaired) electrons. The molecule has 0 amide bonds. The molecule has 1 aromatic heterocycles. The van der Waals surface area contributed by atoms with E-state index in [-0.39, 0.29) is 5.60 Å². The minimum absolute atomic E-state index is 0.178. The highest BCUT2D eigenvalue weighted by atomic mass is 16.5. The summed E-state index contributed by atoms with van der Waals surface area (Å²) in [6.45, 7) is 3.48. The summed E-state index contributed by atoms with van der Waals surface area (Å²) >= 11 is 0. The lowest BCUT2D eigenvalue weighted by Gasteiger charge is -2.45. The van der Waals surface area contributed by atoms with Crippen LogP contribution in [0.15, 0.2) is 6.20 Å². The average Bonchev–Trinajstić information content (AvgIpc) is 3.38. The lowest BCUT2D eigenvalue weighted by Crippen LogP contribution is -2.51. The predicted octanol–water partition coefficient (Wildman–Crippen LogP) is 3.84. The summed E-state index contributed by atoms with van der Waals surface area (Å²) in [4.78, 5) is 2.63. The van der Waals surface area contributed by atoms with Gasteiger partial charge in [0.05, 0.1) is 12.2 Å². The Hall–Kier alpha value is -1.07. The van der Waals surface area contributed by atoms with Gasteiger partial charge in [-0.15, -0.1) is 0 Å². The van der Waals surface area contributed by atoms with Crippen molar-refractivity contribution < 1.29 is 9.84 Å². The fourth-order valence-electron chi connectivity index (χ4n) is 5.79. The van der Waals surface area contributed by atoms with Crippen molar-refractivity contribution in [2.24, 2.45) is 5.92 Å². The summed E-state index contributed by atoms with van der Waals surface area (Å²) in [6.07, 6.45) is 15.0. The van der Waals surface area contributed by atoms with Crippen LogP contribution in [0.3, 0.4) is 0 Å². The van der Waals surface area contributed by atoms with Crippen LogP contribution >= 0.6 is 0 Å². The first kappa shape index (κ1) is 17.1. The van der Waals surface area contributed by atoms with Crippen LogP contribution in [0, 0.1) is 5.92 Å². The zero-order valence-electron chi connectivity index (χ0n) is 15.9. The van der Waals surface area contributed by atoms with Gasteiger partial charge in [0.25, 0.3) is 0 Å². The van der Waals surface area contributed by atoms with E-state index in [0.717, 1.165) is 43.3 Å². The van der Waals surface area contributed by atoms with Gasteiger partial charge in [0, 0.05) is 26.1 Å². The number of likely N-dealkylation sites (tertiary alicyclic amines) is 1. The van der Waals surface area contributed by atoms with E-state index in [0.29, 0.717) is 12.5 Å². The van der Waals surface area contributed by atoms with Gasteiger partial charge in [0.15, 0.2) is 5.75 Å². The Labute approximate surface area is 156 Å². The topological polar surface area (TPSA) is 50.5 Å². The second-order valence-corrected chi connectivity index (χ2v) is 9.25. The molecule has 1 N–H and O–H groups in total. The molecule has 26 heavy (non-hydrogen) atoms. The maximum absolute atomic E-state index is 10.8. The Balaban J connectivity index is 1.25. The Kier molecular flexibility index (Phi) is 4.48. The average molecular weight is 360 g/mol. The van der Waals surface area contributed by atoms with Crippen LogP contribution in [-0.4, -0.2) is 45.0 Å². The maximum atomic E-state index is 10.8. The predicted molar refractivity (Wildman–Crippen MR) is 100 cm³/mol. The molecule has 2 aliphatic carbocycles. The molecule has 1 saturated heterocycles. The fraction of sp³-hybridized carbons (Fsp3) is 0.857. The molecule has 3 fully saturated rings. The summed E-state index contributed by atoms with van der Waals surface area (Å²) in [5.74, 6) is 1.76. The standard InChI is InChI=1S/C21H33N3O2/c25-18-13-21(9-11-23(12-10-21)14-16-5-1-2-6-16)26-19-15-24(22-20(18)19)17-7-3-4-8-17/h15-18,25H,1-14H2. The lowest BCUT2D eigenvalue weighted by atomic mass is 9.83. The summed E-state index contributed by atoms with van der Waals surface area (Å²) in [5.41, 5.74) is 0.596. The molecule has 1 aromatic rings. The number of ether oxygens (including phenoxy) is 1. The van der Waals surface area contributed by atoms with Crippen LogP contribution in [-0.2, 0) is 0 Å². The first-order chi connectivity index (χ1) is 12.7. The Morgan fingerprint density at radius 3 is 2.50 bits per heavy atom. The molecule has 0 bridgehead atoms. The molecule has 144 valence electrons. The number of aliphatic hydroxyl groups excluding tert-OH is 1. The van der Waals surface area contributed by atoms with Crippen LogP contribution in [0.4, 0.5) is 0 Å². The van der Waals surface area contributed by atoms with Gasteiger partial charge >= 0.3 is 0 Å². The van der Waals surface area contributed by atoms with Gasteiger partial charge in [0.2, 0.25) is 0 Å². The number of nitrogens with zero attached hydrogens (tertiary/aromatic N) is 3. The minimum atomic E-state index is -0.470. The molecule has 4 aliphatic rings. The van der Waals surface area contributed by atoms with Crippen molar-refractivity contribution in [2.45, 2.75) is 88.4 Å². The number of fused-ring (bicyclic) bond motifs is 1. The van der Waals surface area contributed by atoms with E-state index in [1.807, 2.05) is 0 Å². The third-order valence-corrected chi connectivity index (χ3v) is 7.39. The molecule has 2 aliphatic heterocycles. The Morgan fingerprint density at radius 1 is 1.08 bits per heavy atom. The molecule has 0 aromatic carbocycles. The monoisotopic (exact) mass is 359 g/mol. The highest BCUT2D eigenvalue weighted by molar-refractivity contribution is 5.31. The second kappa shape index (κ2) is 6.83. The molecule has 5 heteroatoms. The van der Waals surface area contributed by atoms with Gasteiger partial charge in [0.1, 0.15) is 17.4 Å². The van der Waals surface area contributed by atoms with Gasteiger partial charge < -0.3 is 14.7 Å². The van der Waals surface area contributed by atoms with Crippen LogP contribution in [0.25, 0.3) is 0 Å². The third-order valence-electron chi connectivity index (χ3n) is 7.39. The molecule has 1 unspecified atom stereocenters. The largest absolute Gasteiger partial charge is 0.483 e. The highest BCUT2D eigenvalue weighted by Crippen LogP contribution is 2.45. The van der Waals surface area contributed by atoms with Gasteiger partial charge in [-0.25, -0.2) is 0 Å². The zero-order valence-corrected chi connectivity index (χ0v) is 15.9. The smallest absolute Gasteiger partial charge is 0.163 e. The molecular weight excluding hydrogens is 326 g/mol. The van der Waals surface area contributed by atoms with Gasteiger partial charge in [-0.3, -0.25) is 4.68 Å². The third kappa shape index (κ3) is 3.18. The van der Waals surface area contributed by atoms with Crippen molar-refractivity contribution >= 4 is 0 Å². The first-order valence-corrected chi connectivity index (χ1v) is 10.9. The van der Waals surface area contributed by atoms with Crippen LogP contribution < -0.4 is 4.74 Å². The first-order valence-electron chi connectivity index (χ1n) is 10.9. The van der Waals surface area contributed by atoms with E-state index in [9.17, 15) is 5.11 Å². The summed E-state index contributed by atoms with van der Waals surface area (Å²) in [5, 5.41) is 15.5. The van der Waals surface area contributed by atoms with Crippen molar-refractivity contribution in [2.75, 3.05) is 19.6 Å². The number of piperidine rings is 1. The SMILES string of the molecule is OC1CC2(CCN(CC3CCCC3)CC2)Oc2cn(C3CCCC3)nc21. The van der Waals surface area contributed by atoms with E-state index < -0.39 is 6.10 Å². The zero-order chi connectivity index (χ0) is 17.6. The quantitative estimate of drug-likeness (QED) is 0.891. The summed E-state index contributed by atoms with van der Waals surface area (Å²) in [6, 6.07) is 0.501. The van der Waals surface area contributed by atoms with Gasteiger partial charge in [-0.2, -0.15) is 5.10 Å². The van der Waals surface area contributed by atoms with Crippen molar-refractivity contribution in [1.82, 2.24) is 14.7 Å². The minimum Gasteiger partial charge on any atom is -0.483 e. The molecule has 2 saturated carbocycles. The van der Waals surface area contributed by atoms with E-state index in [1.54, 1.807) is 0 Å². The number of aromatic nitrogens is 2. The van der Waals surface area contributed by atoms with Gasteiger partial charge in [-0.05, 0) is 44.4 Å². The van der Waals surface area contributed by atoms with Crippen molar-refractivity contribution in [1.29, 1.82) is 0 Å². The molecular formula is C21H33N3O2. The number of hydrogen-bond donors (Lipinski definition) is 1. The highest BCUT2D eigenvalue weighted by Gasteiger charge is 2.44. The molecule has 5 nitrogen and oxygen atoms in total. The van der Waals surface area contributed by atoms with Crippen molar-refractivity contribution in [3.05, 3.63) is 11.9 Å². The normalized spacial score (nSPS) is 30.0. The van der Waals surface area contributed by atoms with Crippen molar-refractivity contribution in [3.8, 4) is 5.75 Å². The molecule has 1 atom stereocenters. The summed E-state index contributed by atoms with van der Waals surface area (Å²) < 4.78 is 8.60. The van der Waals surface area contributed by atoms with Crippen LogP contribution in [0.2, 0.25) is 0 Å². The lowest BCUT2D eigenvalue weighted by molar-refractivity contribution is -0.0563. The van der Waals surface area contributed by atoms with Crippen LogP contribution in [0.1, 0.15) is 88.5 Å². The Bertz CT molecular complexity index is 623. The van der Waals surface area contributed by atoms with E-state index >= 15 is 0 Å². The van der Waals surface area contributed by atoms with Crippen molar-refractivity contribution in [3.63, 3.8) is 0 Å². The Morgan fingerprint density at radius 2 is 1.77 bits per heavy atom. The number of rotatable bonds is 3. The number of hydrogen-bond acceptors (Lipinski definition) is 4. The van der Waals surface area contributed by atoms with Gasteiger partial charge in [-0.1, -0.05) is 25.7 Å². The number of aliphatic hydroxyl groups is 1. The van der Waals surface area contributed by atoms with E-state index in [4.69, 9.17) is 9.84 Å². The summed E-state index contributed by atoms with van der Waals surface area (Å²) in [7, 11) is 0. The molecule has 3 heterocycles.